The molecule has 1 amide bonds. The predicted molar refractivity (Wildman–Crippen MR) is 116 cm³/mol. The van der Waals surface area contributed by atoms with Gasteiger partial charge in [-0.15, -0.1) is 0 Å². The van der Waals surface area contributed by atoms with Crippen LogP contribution < -0.4 is 5.32 Å². The van der Waals surface area contributed by atoms with E-state index in [2.05, 4.69) is 11.9 Å². The fourth-order valence-corrected chi connectivity index (χ4v) is 3.30. The summed E-state index contributed by atoms with van der Waals surface area (Å²) in [6, 6.07) is 1.56. The molecule has 0 saturated carbocycles. The van der Waals surface area contributed by atoms with Gasteiger partial charge in [-0.05, 0) is 66.9 Å². The van der Waals surface area contributed by atoms with E-state index >= 15 is 0 Å². The second kappa shape index (κ2) is 11.2. The number of halogens is 3. The van der Waals surface area contributed by atoms with Gasteiger partial charge in [0.25, 0.3) is 5.91 Å². The number of nitrogens with one attached hydrogen (secondary N) is 1. The molecule has 0 aromatic heterocycles. The monoisotopic (exact) mass is 457 g/mol. The van der Waals surface area contributed by atoms with Crippen LogP contribution in [-0.2, 0) is 4.74 Å². The Morgan fingerprint density at radius 3 is 2.42 bits per heavy atom. The topological polar surface area (TPSA) is 75.6 Å². The molecule has 0 fully saturated rings. The van der Waals surface area contributed by atoms with Gasteiger partial charge in [-0.1, -0.05) is 20.4 Å². The van der Waals surface area contributed by atoms with E-state index in [1.54, 1.807) is 13.0 Å². The fraction of sp³-hybridized carbons (Fsp3) is 0.364. The largest absolute Gasteiger partial charge is 0.507 e. The number of phenols is 1. The molecule has 0 atom stereocenters. The zero-order chi connectivity index (χ0) is 23.9. The number of thioether (sulfide) groups is 1. The smallest absolute Gasteiger partial charge is 0.446 e. The van der Waals surface area contributed by atoms with E-state index in [1.165, 1.54) is 26.2 Å². The molecule has 0 aliphatic carbocycles. The second-order valence-corrected chi connectivity index (χ2v) is 8.13. The number of methoxy groups -OCH3 is 1. The third-order valence-corrected chi connectivity index (χ3v) is 4.99. The molecular weight excluding hydrogens is 431 g/mol. The summed E-state index contributed by atoms with van der Waals surface area (Å²) in [5.41, 5.74) is -3.51. The molecule has 9 heteroatoms. The van der Waals surface area contributed by atoms with Crippen molar-refractivity contribution < 1.29 is 32.6 Å². The highest BCUT2D eigenvalue weighted by Crippen LogP contribution is 2.37. The van der Waals surface area contributed by atoms with Gasteiger partial charge in [0.05, 0.1) is 12.2 Å². The lowest BCUT2D eigenvalue weighted by Crippen LogP contribution is -2.23. The third kappa shape index (κ3) is 7.91. The van der Waals surface area contributed by atoms with Gasteiger partial charge in [-0.2, -0.15) is 13.2 Å². The minimum Gasteiger partial charge on any atom is -0.507 e. The maximum absolute atomic E-state index is 12.8. The van der Waals surface area contributed by atoms with E-state index in [0.29, 0.717) is 16.7 Å². The van der Waals surface area contributed by atoms with Gasteiger partial charge in [0, 0.05) is 23.3 Å². The molecule has 0 radical (unpaired) electrons. The number of allylic oxidation sites excluding steroid dienone is 2. The molecule has 1 aromatic carbocycles. The summed E-state index contributed by atoms with van der Waals surface area (Å²) in [7, 11) is 1.35. The summed E-state index contributed by atoms with van der Waals surface area (Å²) in [6.45, 7) is 10.1. The predicted octanol–water partition coefficient (Wildman–Crippen LogP) is 5.61. The number of Topliss-reactive ketones (excluding diaryl/α,β-unsaturated/α-hetero) is 1. The van der Waals surface area contributed by atoms with Crippen molar-refractivity contribution in [3.05, 3.63) is 63.7 Å². The van der Waals surface area contributed by atoms with E-state index < -0.39 is 11.4 Å². The third-order valence-electron chi connectivity index (χ3n) is 4.23. The second-order valence-electron chi connectivity index (χ2n) is 7.00. The quantitative estimate of drug-likeness (QED) is 0.372. The fourth-order valence-electron chi connectivity index (χ4n) is 2.75. The molecule has 1 rings (SSSR count). The lowest BCUT2D eigenvalue weighted by atomic mass is 9.90. The Bertz CT molecular complexity index is 918. The first-order valence-corrected chi connectivity index (χ1v) is 10.1. The first kappa shape index (κ1) is 26.5. The number of ether oxygens (including phenoxy) is 1. The molecule has 170 valence electrons. The summed E-state index contributed by atoms with van der Waals surface area (Å²) in [5, 5.41) is 13.0. The summed E-state index contributed by atoms with van der Waals surface area (Å²) < 4.78 is 42.8. The molecular formula is C22H26F3NO4S. The number of rotatable bonds is 9. The molecule has 0 heterocycles. The average Bonchev–Trinajstić information content (AvgIpc) is 2.62. The van der Waals surface area contributed by atoms with Gasteiger partial charge in [0.1, 0.15) is 5.75 Å². The Morgan fingerprint density at radius 1 is 1.32 bits per heavy atom. The number of alkyl halides is 3. The Balaban J connectivity index is 3.19. The molecule has 0 aliphatic heterocycles. The van der Waals surface area contributed by atoms with E-state index in [4.69, 9.17) is 4.74 Å². The van der Waals surface area contributed by atoms with Gasteiger partial charge < -0.3 is 15.2 Å². The minimum absolute atomic E-state index is 0.00853. The molecule has 2 N–H and O–H groups in total. The van der Waals surface area contributed by atoms with Crippen LogP contribution in [0.4, 0.5) is 13.2 Å². The van der Waals surface area contributed by atoms with E-state index in [9.17, 15) is 27.9 Å². The van der Waals surface area contributed by atoms with Crippen LogP contribution in [0, 0.1) is 6.92 Å². The van der Waals surface area contributed by atoms with Crippen molar-refractivity contribution in [2.75, 3.05) is 13.7 Å². The van der Waals surface area contributed by atoms with Crippen LogP contribution in [0.5, 0.6) is 5.75 Å². The van der Waals surface area contributed by atoms with Crippen molar-refractivity contribution in [1.82, 2.24) is 5.32 Å². The van der Waals surface area contributed by atoms with Crippen molar-refractivity contribution in [2.24, 2.45) is 0 Å². The number of carbonyl (C=O) groups is 2. The Labute approximate surface area is 184 Å². The van der Waals surface area contributed by atoms with Crippen LogP contribution in [0.3, 0.4) is 0 Å². The summed E-state index contributed by atoms with van der Waals surface area (Å²) in [6.07, 6.45) is 3.60. The van der Waals surface area contributed by atoms with E-state index in [1.807, 2.05) is 13.8 Å². The maximum Gasteiger partial charge on any atom is 0.446 e. The molecule has 0 aliphatic rings. The lowest BCUT2D eigenvalue weighted by molar-refractivity contribution is -0.0321. The number of hydrogen-bond donors (Lipinski definition) is 2. The normalized spacial score (nSPS) is 12.5. The first-order chi connectivity index (χ1) is 14.3. The summed E-state index contributed by atoms with van der Waals surface area (Å²) in [4.78, 5) is 24.6. The zero-order valence-electron chi connectivity index (χ0n) is 18.0. The van der Waals surface area contributed by atoms with Crippen LogP contribution in [0.15, 0.2) is 41.5 Å². The van der Waals surface area contributed by atoms with Crippen LogP contribution in [-0.4, -0.2) is 36.0 Å². The van der Waals surface area contributed by atoms with Gasteiger partial charge >= 0.3 is 5.51 Å². The number of benzene rings is 1. The Kier molecular flexibility index (Phi) is 9.58. The van der Waals surface area contributed by atoms with E-state index in [-0.39, 0.29) is 52.0 Å². The molecule has 1 aromatic rings. The van der Waals surface area contributed by atoms with Crippen molar-refractivity contribution in [1.29, 1.82) is 0 Å². The van der Waals surface area contributed by atoms with Crippen LogP contribution in [0.25, 0.3) is 0 Å². The SMILES string of the molecule is C=C(/C=C\C(=C/COC)SC(F)(F)F)NC(=O)c1c(C)c(C(C)=O)cc(C(C)C)c1O. The van der Waals surface area contributed by atoms with E-state index in [0.717, 1.165) is 6.08 Å². The van der Waals surface area contributed by atoms with Crippen molar-refractivity contribution in [3.63, 3.8) is 0 Å². The minimum atomic E-state index is -4.49. The summed E-state index contributed by atoms with van der Waals surface area (Å²) in [5.74, 6) is -1.38. The number of hydrogen-bond acceptors (Lipinski definition) is 5. The highest BCUT2D eigenvalue weighted by Gasteiger charge is 2.29. The van der Waals surface area contributed by atoms with Crippen LogP contribution in [0.2, 0.25) is 0 Å². The highest BCUT2D eigenvalue weighted by molar-refractivity contribution is 8.04. The van der Waals surface area contributed by atoms with Crippen molar-refractivity contribution >= 4 is 23.5 Å². The molecule has 0 spiro atoms. The van der Waals surface area contributed by atoms with Gasteiger partial charge in [0.2, 0.25) is 0 Å². The van der Waals surface area contributed by atoms with Crippen molar-refractivity contribution in [3.8, 4) is 5.75 Å². The highest BCUT2D eigenvalue weighted by atomic mass is 32.2. The number of aromatic hydroxyl groups is 1. The average molecular weight is 458 g/mol. The maximum atomic E-state index is 12.8. The zero-order valence-corrected chi connectivity index (χ0v) is 18.8. The number of carbonyl (C=O) groups excluding carboxylic acids is 2. The Hall–Kier alpha value is -2.52. The first-order valence-electron chi connectivity index (χ1n) is 9.29. The van der Waals surface area contributed by atoms with Crippen molar-refractivity contribution in [2.45, 2.75) is 39.1 Å². The van der Waals surface area contributed by atoms with Gasteiger partial charge in [-0.25, -0.2) is 0 Å². The molecule has 0 bridgehead atoms. The lowest BCUT2D eigenvalue weighted by Gasteiger charge is -2.18. The van der Waals surface area contributed by atoms with Gasteiger partial charge in [0.15, 0.2) is 5.78 Å². The molecule has 0 unspecified atom stereocenters. The summed E-state index contributed by atoms with van der Waals surface area (Å²) >= 11 is -0.323. The molecule has 5 nitrogen and oxygen atoms in total. The molecule has 0 saturated heterocycles. The van der Waals surface area contributed by atoms with Crippen LogP contribution >= 0.6 is 11.8 Å². The van der Waals surface area contributed by atoms with Crippen LogP contribution in [0.1, 0.15) is 58.5 Å². The molecule has 31 heavy (non-hydrogen) atoms. The number of amides is 1. The van der Waals surface area contributed by atoms with Gasteiger partial charge in [-0.3, -0.25) is 9.59 Å². The standard InChI is InChI=1S/C22H26F3NO4S/c1-12(2)17-11-18(15(5)27)14(4)19(20(17)28)21(29)26-13(3)7-8-16(9-10-30-6)31-22(23,24)25/h7-9,11-12,28H,3,10H2,1-2,4-6H3,(H,26,29)/b8-7-,16-9+. The number of phenolic OH excluding ortho intramolecular Hbond substituents is 1. The Morgan fingerprint density at radius 2 is 1.94 bits per heavy atom. The number of ketones is 1.